The van der Waals surface area contributed by atoms with Crippen LogP contribution < -0.4 is 14.6 Å². The van der Waals surface area contributed by atoms with E-state index in [0.29, 0.717) is 12.2 Å². The van der Waals surface area contributed by atoms with Gasteiger partial charge in [-0.25, -0.2) is 0 Å². The molecule has 3 heterocycles. The minimum absolute atomic E-state index is 0.477. The first kappa shape index (κ1) is 18.9. The lowest BCUT2D eigenvalue weighted by atomic mass is 10.0. The van der Waals surface area contributed by atoms with Gasteiger partial charge in [-0.2, -0.15) is 15.1 Å². The van der Waals surface area contributed by atoms with Crippen LogP contribution in [0, 0.1) is 18.3 Å². The van der Waals surface area contributed by atoms with Gasteiger partial charge in [0, 0.05) is 16.7 Å². The minimum Gasteiger partial charge on any atom is -0.488 e. The number of para-hydroxylation sites is 3. The molecule has 0 saturated carbocycles. The second-order valence-corrected chi connectivity index (χ2v) is 7.53. The van der Waals surface area contributed by atoms with Crippen molar-refractivity contribution in [2.45, 2.75) is 20.3 Å². The molecule has 0 aliphatic carbocycles. The van der Waals surface area contributed by atoms with Gasteiger partial charge in [0.1, 0.15) is 35.0 Å². The number of benzene rings is 2. The van der Waals surface area contributed by atoms with Crippen molar-refractivity contribution in [2.24, 2.45) is 5.10 Å². The first-order chi connectivity index (χ1) is 15.2. The summed E-state index contributed by atoms with van der Waals surface area (Å²) in [5, 5.41) is 14.4. The number of aromatic nitrogens is 2. The number of nitrogens with zero attached hydrogens (tertiary/aromatic N) is 3. The van der Waals surface area contributed by atoms with E-state index < -0.39 is 0 Å². The lowest BCUT2D eigenvalue weighted by molar-refractivity contribution is -0.465. The van der Waals surface area contributed by atoms with E-state index in [0.717, 1.165) is 56.9 Å². The van der Waals surface area contributed by atoms with E-state index in [1.54, 1.807) is 6.21 Å². The number of ether oxygens (including phenoxy) is 1. The van der Waals surface area contributed by atoms with Gasteiger partial charge in [0.15, 0.2) is 0 Å². The molecule has 6 nitrogen and oxygen atoms in total. The smallest absolute Gasteiger partial charge is 0.253 e. The number of hydrogen-bond donors (Lipinski definition) is 2. The Balaban J connectivity index is 1.61. The van der Waals surface area contributed by atoms with E-state index >= 15 is 0 Å². The van der Waals surface area contributed by atoms with Crippen molar-refractivity contribution in [3.8, 4) is 11.8 Å². The van der Waals surface area contributed by atoms with Gasteiger partial charge in [-0.15, -0.1) is 5.10 Å². The highest BCUT2D eigenvalue weighted by atomic mass is 16.5. The van der Waals surface area contributed by atoms with Crippen LogP contribution in [0.5, 0.6) is 5.75 Å². The zero-order chi connectivity index (χ0) is 21.4. The molecule has 152 valence electrons. The van der Waals surface area contributed by atoms with Gasteiger partial charge in [0.2, 0.25) is 5.65 Å². The molecule has 1 aliphatic rings. The number of pyridine rings is 1. The normalized spacial score (nSPS) is 13.1. The maximum absolute atomic E-state index is 9.82. The van der Waals surface area contributed by atoms with Gasteiger partial charge < -0.3 is 4.74 Å². The Morgan fingerprint density at radius 3 is 2.87 bits per heavy atom. The quantitative estimate of drug-likeness (QED) is 0.296. The highest BCUT2D eigenvalue weighted by Gasteiger charge is 2.24. The van der Waals surface area contributed by atoms with Gasteiger partial charge in [-0.05, 0) is 43.2 Å². The highest BCUT2D eigenvalue weighted by Crippen LogP contribution is 2.27. The Morgan fingerprint density at radius 2 is 2.03 bits per heavy atom. The van der Waals surface area contributed by atoms with Crippen LogP contribution in [0.25, 0.3) is 22.8 Å². The minimum atomic E-state index is 0.477. The molecule has 0 fully saturated rings. The number of H-pyrrole nitrogens is 1. The van der Waals surface area contributed by atoms with Gasteiger partial charge >= 0.3 is 0 Å². The maximum Gasteiger partial charge on any atom is 0.253 e. The van der Waals surface area contributed by atoms with E-state index in [-0.39, 0.29) is 0 Å². The van der Waals surface area contributed by atoms with Crippen molar-refractivity contribution in [1.82, 2.24) is 4.98 Å². The largest absolute Gasteiger partial charge is 0.488 e. The van der Waals surface area contributed by atoms with Crippen LogP contribution in [-0.2, 0) is 6.42 Å². The second kappa shape index (κ2) is 7.62. The van der Waals surface area contributed by atoms with E-state index in [9.17, 15) is 5.26 Å². The summed E-state index contributed by atoms with van der Waals surface area (Å²) < 4.78 is 7.87. The van der Waals surface area contributed by atoms with Crippen molar-refractivity contribution in [3.63, 3.8) is 0 Å². The van der Waals surface area contributed by atoms with Crippen LogP contribution in [0.15, 0.2) is 59.2 Å². The van der Waals surface area contributed by atoms with Crippen LogP contribution >= 0.6 is 0 Å². The van der Waals surface area contributed by atoms with Crippen LogP contribution in [0.4, 0.5) is 5.82 Å². The summed E-state index contributed by atoms with van der Waals surface area (Å²) >= 11 is 0. The number of imidazole rings is 1. The van der Waals surface area contributed by atoms with Crippen molar-refractivity contribution < 1.29 is 9.14 Å². The fourth-order valence-corrected chi connectivity index (χ4v) is 4.20. The molecule has 4 aromatic rings. The Labute approximate surface area is 180 Å². The average Bonchev–Trinajstić information content (AvgIpc) is 3.18. The number of aromatic amines is 1. The molecule has 0 saturated heterocycles. The Hall–Kier alpha value is -4.11. The molecule has 0 spiro atoms. The average molecular weight is 408 g/mol. The summed E-state index contributed by atoms with van der Waals surface area (Å²) in [7, 11) is 0. The first-order valence-electron chi connectivity index (χ1n) is 10.3. The van der Waals surface area contributed by atoms with Crippen molar-refractivity contribution in [1.29, 1.82) is 5.26 Å². The third-order valence-corrected chi connectivity index (χ3v) is 5.72. The fourth-order valence-electron chi connectivity index (χ4n) is 4.20. The van der Waals surface area contributed by atoms with E-state index in [2.05, 4.69) is 39.0 Å². The van der Waals surface area contributed by atoms with Crippen molar-refractivity contribution >= 4 is 34.8 Å². The zero-order valence-electron chi connectivity index (χ0n) is 17.4. The van der Waals surface area contributed by atoms with Crippen molar-refractivity contribution in [2.75, 3.05) is 12.0 Å². The molecule has 6 heteroatoms. The van der Waals surface area contributed by atoms with E-state index in [1.165, 1.54) is 0 Å². The number of nitriles is 1. The van der Waals surface area contributed by atoms with Gasteiger partial charge in [-0.3, -0.25) is 4.98 Å². The molecule has 2 N–H and O–H groups in total. The Kier molecular flexibility index (Phi) is 4.64. The summed E-state index contributed by atoms with van der Waals surface area (Å²) in [5.41, 5.74) is 10.7. The summed E-state index contributed by atoms with van der Waals surface area (Å²) in [4.78, 5) is 3.40. The number of hydrogen-bond acceptors (Lipinski definition) is 4. The Bertz CT molecular complexity index is 1420. The molecule has 0 atom stereocenters. The molecule has 2 aromatic carbocycles. The topological polar surface area (TPSA) is 77.3 Å². The highest BCUT2D eigenvalue weighted by molar-refractivity contribution is 5.88. The SMILES string of the molecule is CCc1c(C)c(C#N)c2[nH]c3ccccc3[n+]2c1NN=CC1=Cc2ccccc2OC1. The van der Waals surface area contributed by atoms with Gasteiger partial charge in [0.25, 0.3) is 5.82 Å². The number of anilines is 1. The van der Waals surface area contributed by atoms with E-state index in [1.807, 2.05) is 55.5 Å². The van der Waals surface area contributed by atoms with Crippen LogP contribution in [0.3, 0.4) is 0 Å². The lowest BCUT2D eigenvalue weighted by Gasteiger charge is -2.15. The van der Waals surface area contributed by atoms with Gasteiger partial charge in [-0.1, -0.05) is 37.3 Å². The standard InChI is InChI=1S/C25H21N5O/c1-3-19-16(2)20(13-26)24-28-21-9-5-6-10-22(21)30(24)25(19)29-27-14-17-12-18-8-4-7-11-23(18)31-15-17/h4-12,14H,3,15H2,1-2H3,(H,28,29)/p+1. The molecule has 5 rings (SSSR count). The third-order valence-electron chi connectivity index (χ3n) is 5.72. The first-order valence-corrected chi connectivity index (χ1v) is 10.3. The molecule has 2 aromatic heterocycles. The predicted octanol–water partition coefficient (Wildman–Crippen LogP) is 4.52. The summed E-state index contributed by atoms with van der Waals surface area (Å²) in [6.07, 6.45) is 4.66. The maximum atomic E-state index is 9.82. The third kappa shape index (κ3) is 3.11. The number of fused-ring (bicyclic) bond motifs is 4. The number of hydrazone groups is 1. The second-order valence-electron chi connectivity index (χ2n) is 7.53. The van der Waals surface area contributed by atoms with Crippen LogP contribution in [0.2, 0.25) is 0 Å². The molecule has 0 radical (unpaired) electrons. The van der Waals surface area contributed by atoms with Crippen LogP contribution in [0.1, 0.15) is 29.2 Å². The zero-order valence-corrected chi connectivity index (χ0v) is 17.4. The molecular formula is C25H22N5O+. The number of rotatable bonds is 4. The number of nitrogens with one attached hydrogen (secondary N) is 2. The summed E-state index contributed by atoms with van der Waals surface area (Å²) in [5.74, 6) is 1.75. The lowest BCUT2D eigenvalue weighted by Crippen LogP contribution is -2.28. The molecule has 1 aliphatic heterocycles. The van der Waals surface area contributed by atoms with Crippen molar-refractivity contribution in [3.05, 3.63) is 76.4 Å². The van der Waals surface area contributed by atoms with Gasteiger partial charge in [0.05, 0.1) is 6.21 Å². The molecule has 0 bridgehead atoms. The predicted molar refractivity (Wildman–Crippen MR) is 122 cm³/mol. The summed E-state index contributed by atoms with van der Waals surface area (Å²) in [6.45, 7) is 4.56. The molecule has 0 amide bonds. The molecule has 31 heavy (non-hydrogen) atoms. The monoisotopic (exact) mass is 408 g/mol. The Morgan fingerprint density at radius 1 is 1.23 bits per heavy atom. The fraction of sp³-hybridized carbons (Fsp3) is 0.160. The van der Waals surface area contributed by atoms with Crippen LogP contribution in [-0.4, -0.2) is 17.8 Å². The summed E-state index contributed by atoms with van der Waals surface area (Å²) in [6, 6.07) is 18.4. The van der Waals surface area contributed by atoms with E-state index in [4.69, 9.17) is 4.74 Å². The molecular weight excluding hydrogens is 386 g/mol. The molecule has 0 unspecified atom stereocenters.